The lowest BCUT2D eigenvalue weighted by Gasteiger charge is -1.91. The molecule has 1 aliphatic heterocycles. The number of nitrogens with two attached hydrogens (primary N) is 1. The molecule has 0 atom stereocenters. The molecule has 66 valence electrons. The van der Waals surface area contributed by atoms with Crippen LogP contribution >= 0.6 is 0 Å². The van der Waals surface area contributed by atoms with E-state index in [4.69, 9.17) is 10.2 Å². The summed E-state index contributed by atoms with van der Waals surface area (Å²) >= 11 is 0. The monoisotopic (exact) mass is 176 g/mol. The molecule has 2 rings (SSSR count). The molecule has 0 saturated carbocycles. The Balaban J connectivity index is 2.24. The van der Waals surface area contributed by atoms with E-state index < -0.39 is 5.91 Å². The van der Waals surface area contributed by atoms with Crippen LogP contribution in [0.4, 0.5) is 0 Å². The molecule has 1 aliphatic rings. The predicted molar refractivity (Wildman–Crippen MR) is 48.2 cm³/mol. The van der Waals surface area contributed by atoms with Gasteiger partial charge in [-0.05, 0) is 18.2 Å². The minimum Gasteiger partial charge on any atom is -0.465 e. The van der Waals surface area contributed by atoms with Crippen molar-refractivity contribution < 1.29 is 9.21 Å². The molecule has 0 aromatic carbocycles. The Kier molecular flexibility index (Phi) is 1.73. The van der Waals surface area contributed by atoms with Gasteiger partial charge in [0.15, 0.2) is 0 Å². The Morgan fingerprint density at radius 3 is 3.00 bits per heavy atom. The lowest BCUT2D eigenvalue weighted by atomic mass is 10.2. The summed E-state index contributed by atoms with van der Waals surface area (Å²) in [4.78, 5) is 14.7. The van der Waals surface area contributed by atoms with Gasteiger partial charge < -0.3 is 10.2 Å². The van der Waals surface area contributed by atoms with E-state index in [9.17, 15) is 4.79 Å². The molecule has 0 radical (unpaired) electrons. The van der Waals surface area contributed by atoms with Crippen LogP contribution in [0.2, 0.25) is 0 Å². The zero-order valence-electron chi connectivity index (χ0n) is 6.86. The highest BCUT2D eigenvalue weighted by Gasteiger charge is 2.15. The van der Waals surface area contributed by atoms with E-state index in [1.165, 1.54) is 0 Å². The highest BCUT2D eigenvalue weighted by Crippen LogP contribution is 2.19. The van der Waals surface area contributed by atoms with Crippen LogP contribution in [0, 0.1) is 0 Å². The summed E-state index contributed by atoms with van der Waals surface area (Å²) < 4.78 is 5.15. The molecule has 4 heteroatoms. The molecule has 2 heterocycles. The molecule has 0 fully saturated rings. The summed E-state index contributed by atoms with van der Waals surface area (Å²) in [5.41, 5.74) is 6.27. The molecule has 1 aromatic heterocycles. The van der Waals surface area contributed by atoms with E-state index >= 15 is 0 Å². The van der Waals surface area contributed by atoms with E-state index in [1.54, 1.807) is 18.4 Å². The van der Waals surface area contributed by atoms with Crippen LogP contribution in [0.25, 0.3) is 5.57 Å². The third kappa shape index (κ3) is 1.38. The number of carbonyl (C=O) groups is 1. The second-order valence-corrected chi connectivity index (χ2v) is 2.71. The van der Waals surface area contributed by atoms with Crippen molar-refractivity contribution in [3.8, 4) is 0 Å². The Hall–Kier alpha value is -1.84. The van der Waals surface area contributed by atoms with Gasteiger partial charge in [0.1, 0.15) is 11.5 Å². The molecule has 0 saturated heterocycles. The molecule has 1 aromatic rings. The number of amides is 1. The SMILES string of the molecule is NC(=O)C1=NCC(c2ccco2)=C1. The summed E-state index contributed by atoms with van der Waals surface area (Å²) in [6.07, 6.45) is 3.24. The number of primary amides is 1. The minimum atomic E-state index is -0.499. The molecular weight excluding hydrogens is 168 g/mol. The van der Waals surface area contributed by atoms with E-state index in [2.05, 4.69) is 4.99 Å². The van der Waals surface area contributed by atoms with Crippen LogP contribution in [0.3, 0.4) is 0 Å². The van der Waals surface area contributed by atoms with Crippen LogP contribution < -0.4 is 5.73 Å². The Morgan fingerprint density at radius 2 is 2.46 bits per heavy atom. The maximum Gasteiger partial charge on any atom is 0.266 e. The fraction of sp³-hybridized carbons (Fsp3) is 0.111. The number of hydrogen-bond donors (Lipinski definition) is 1. The lowest BCUT2D eigenvalue weighted by Crippen LogP contribution is -2.20. The van der Waals surface area contributed by atoms with Crippen LogP contribution in [-0.4, -0.2) is 18.2 Å². The van der Waals surface area contributed by atoms with E-state index in [-0.39, 0.29) is 0 Å². The van der Waals surface area contributed by atoms with Gasteiger partial charge in [-0.1, -0.05) is 0 Å². The number of furan rings is 1. The first kappa shape index (κ1) is 7.79. The number of aliphatic imine (C=N–C) groups is 1. The van der Waals surface area contributed by atoms with Crippen molar-refractivity contribution >= 4 is 17.2 Å². The number of hydrogen-bond acceptors (Lipinski definition) is 3. The average molecular weight is 176 g/mol. The molecule has 0 spiro atoms. The fourth-order valence-corrected chi connectivity index (χ4v) is 1.19. The second-order valence-electron chi connectivity index (χ2n) is 2.71. The summed E-state index contributed by atoms with van der Waals surface area (Å²) in [6, 6.07) is 3.61. The fourth-order valence-electron chi connectivity index (χ4n) is 1.19. The van der Waals surface area contributed by atoms with Crippen LogP contribution in [0.1, 0.15) is 5.76 Å². The largest absolute Gasteiger partial charge is 0.465 e. The summed E-state index contributed by atoms with van der Waals surface area (Å²) in [5, 5.41) is 0. The first-order valence-electron chi connectivity index (χ1n) is 3.86. The maximum absolute atomic E-state index is 10.7. The summed E-state index contributed by atoms with van der Waals surface area (Å²) in [7, 11) is 0. The lowest BCUT2D eigenvalue weighted by molar-refractivity contribution is -0.111. The van der Waals surface area contributed by atoms with Gasteiger partial charge >= 0.3 is 0 Å². The van der Waals surface area contributed by atoms with Gasteiger partial charge in [-0.15, -0.1) is 0 Å². The maximum atomic E-state index is 10.7. The summed E-state index contributed by atoms with van der Waals surface area (Å²) in [6.45, 7) is 0.464. The molecule has 13 heavy (non-hydrogen) atoms. The molecule has 4 nitrogen and oxygen atoms in total. The molecule has 1 amide bonds. The molecular formula is C9H8N2O2. The smallest absolute Gasteiger partial charge is 0.266 e. The van der Waals surface area contributed by atoms with Gasteiger partial charge in [0.25, 0.3) is 5.91 Å². The number of carbonyl (C=O) groups excluding carboxylic acids is 1. The van der Waals surface area contributed by atoms with Gasteiger partial charge in [0.2, 0.25) is 0 Å². The number of nitrogens with zero attached hydrogens (tertiary/aromatic N) is 1. The molecule has 0 aliphatic carbocycles. The molecule has 0 unspecified atom stereocenters. The Bertz CT molecular complexity index is 388. The third-order valence-electron chi connectivity index (χ3n) is 1.82. The zero-order valence-corrected chi connectivity index (χ0v) is 6.86. The quantitative estimate of drug-likeness (QED) is 0.717. The standard InChI is InChI=1S/C9H8N2O2/c10-9(12)7-4-6(5-11-7)8-2-1-3-13-8/h1-4H,5H2,(H2,10,12). The topological polar surface area (TPSA) is 68.6 Å². The van der Waals surface area contributed by atoms with Crippen molar-refractivity contribution in [3.05, 3.63) is 30.2 Å². The highest BCUT2D eigenvalue weighted by atomic mass is 16.3. The van der Waals surface area contributed by atoms with Crippen molar-refractivity contribution in [3.63, 3.8) is 0 Å². The molecule has 2 N–H and O–H groups in total. The van der Waals surface area contributed by atoms with Crippen molar-refractivity contribution in [2.75, 3.05) is 6.54 Å². The number of rotatable bonds is 2. The second kappa shape index (κ2) is 2.90. The van der Waals surface area contributed by atoms with Crippen LogP contribution in [0.5, 0.6) is 0 Å². The predicted octanol–water partition coefficient (Wildman–Crippen LogP) is 0.603. The van der Waals surface area contributed by atoms with Gasteiger partial charge in [-0.3, -0.25) is 9.79 Å². The Labute approximate surface area is 74.8 Å². The van der Waals surface area contributed by atoms with Crippen LogP contribution in [0.15, 0.2) is 33.9 Å². The zero-order chi connectivity index (χ0) is 9.26. The molecule has 0 bridgehead atoms. The normalized spacial score (nSPS) is 15.4. The van der Waals surface area contributed by atoms with E-state index in [0.717, 1.165) is 11.3 Å². The van der Waals surface area contributed by atoms with Gasteiger partial charge in [-0.2, -0.15) is 0 Å². The van der Waals surface area contributed by atoms with Crippen molar-refractivity contribution in [1.82, 2.24) is 0 Å². The first-order valence-corrected chi connectivity index (χ1v) is 3.86. The summed E-state index contributed by atoms with van der Waals surface area (Å²) in [5.74, 6) is 0.238. The van der Waals surface area contributed by atoms with Crippen molar-refractivity contribution in [1.29, 1.82) is 0 Å². The van der Waals surface area contributed by atoms with E-state index in [1.807, 2.05) is 6.07 Å². The van der Waals surface area contributed by atoms with Crippen LogP contribution in [-0.2, 0) is 4.79 Å². The Morgan fingerprint density at radius 1 is 1.62 bits per heavy atom. The first-order chi connectivity index (χ1) is 6.27. The van der Waals surface area contributed by atoms with E-state index in [0.29, 0.717) is 12.3 Å². The van der Waals surface area contributed by atoms with Crippen molar-refractivity contribution in [2.45, 2.75) is 0 Å². The highest BCUT2D eigenvalue weighted by molar-refractivity contribution is 6.44. The van der Waals surface area contributed by atoms with Gasteiger partial charge in [0, 0.05) is 5.57 Å². The third-order valence-corrected chi connectivity index (χ3v) is 1.82. The average Bonchev–Trinajstić information content (AvgIpc) is 2.75. The van der Waals surface area contributed by atoms with Gasteiger partial charge in [0.05, 0.1) is 12.8 Å². The van der Waals surface area contributed by atoms with Gasteiger partial charge in [-0.25, -0.2) is 0 Å². The van der Waals surface area contributed by atoms with Crippen molar-refractivity contribution in [2.24, 2.45) is 10.7 Å². The minimum absolute atomic E-state index is 0.311.